The lowest BCUT2D eigenvalue weighted by molar-refractivity contribution is -0.165. The average Bonchev–Trinajstić information content (AvgIpc) is 2.65. The summed E-state index contributed by atoms with van der Waals surface area (Å²) in [5, 5.41) is 11.6. The molecule has 0 radical (unpaired) electrons. The van der Waals surface area contributed by atoms with Gasteiger partial charge in [-0.15, -0.1) is 0 Å². The second-order valence-corrected chi connectivity index (χ2v) is 11.6. The molecule has 1 fully saturated rings. The van der Waals surface area contributed by atoms with Crippen LogP contribution in [0.5, 0.6) is 0 Å². The summed E-state index contributed by atoms with van der Waals surface area (Å²) in [5.41, 5.74) is 0.635. The van der Waals surface area contributed by atoms with Crippen molar-refractivity contribution in [3.63, 3.8) is 0 Å². The molecule has 1 N–H and O–H groups in total. The highest BCUT2D eigenvalue weighted by atomic mass is 16.5. The topological polar surface area (TPSA) is 72.8 Å². The van der Waals surface area contributed by atoms with E-state index in [0.29, 0.717) is 12.3 Å². The Balaban J connectivity index is 1.77. The smallest absolute Gasteiger partial charge is 0.302 e. The van der Waals surface area contributed by atoms with Gasteiger partial charge in [-0.1, -0.05) is 45.4 Å². The van der Waals surface area contributed by atoms with Gasteiger partial charge in [-0.25, -0.2) is 0 Å². The summed E-state index contributed by atoms with van der Waals surface area (Å²) in [5.74, 6) is -0.170. The highest BCUT2D eigenvalue weighted by molar-refractivity contribution is 5.96. The Morgan fingerprint density at radius 1 is 1.19 bits per heavy atom. The number of aliphatic hydroxyl groups is 1. The van der Waals surface area contributed by atoms with E-state index in [9.17, 15) is 14.7 Å². The van der Waals surface area contributed by atoms with Gasteiger partial charge >= 0.3 is 5.97 Å². The van der Waals surface area contributed by atoms with Gasteiger partial charge in [-0.2, -0.15) is 0 Å². The fourth-order valence-corrected chi connectivity index (χ4v) is 7.21. The van der Waals surface area contributed by atoms with Crippen LogP contribution in [0.1, 0.15) is 67.2 Å². The first-order valence-electron chi connectivity index (χ1n) is 12.0. The number of ether oxygens (including phenoxy) is 2. The minimum atomic E-state index is -1.03. The average molecular weight is 443 g/mol. The molecule has 0 amide bonds. The first-order valence-corrected chi connectivity index (χ1v) is 12.0. The van der Waals surface area contributed by atoms with Crippen molar-refractivity contribution in [3.8, 4) is 0 Å². The predicted octanol–water partition coefficient (Wildman–Crippen LogP) is 4.55. The van der Waals surface area contributed by atoms with Gasteiger partial charge in [0, 0.05) is 25.2 Å². The van der Waals surface area contributed by atoms with Crippen LogP contribution in [0, 0.1) is 28.6 Å². The van der Waals surface area contributed by atoms with E-state index in [2.05, 4.69) is 26.8 Å². The zero-order chi connectivity index (χ0) is 23.5. The zero-order valence-electron chi connectivity index (χ0n) is 20.3. The van der Waals surface area contributed by atoms with Gasteiger partial charge in [-0.3, -0.25) is 9.59 Å². The lowest BCUT2D eigenvalue weighted by Gasteiger charge is -2.60. The monoisotopic (exact) mass is 442 g/mol. The Labute approximate surface area is 191 Å². The van der Waals surface area contributed by atoms with Crippen molar-refractivity contribution in [3.05, 3.63) is 35.5 Å². The van der Waals surface area contributed by atoms with Crippen LogP contribution >= 0.6 is 0 Å². The van der Waals surface area contributed by atoms with Crippen molar-refractivity contribution >= 4 is 11.8 Å². The van der Waals surface area contributed by atoms with Crippen molar-refractivity contribution in [1.29, 1.82) is 0 Å². The molecular formula is C27H38O5. The normalized spacial score (nSPS) is 43.0. The fraction of sp³-hybridized carbons (Fsp3) is 0.704. The second kappa shape index (κ2) is 7.95. The minimum Gasteiger partial charge on any atom is -0.461 e. The number of carbonyl (C=O) groups is 2. The van der Waals surface area contributed by atoms with E-state index in [0.717, 1.165) is 24.0 Å². The van der Waals surface area contributed by atoms with Crippen molar-refractivity contribution in [2.45, 2.75) is 85.0 Å². The maximum absolute atomic E-state index is 12.4. The Morgan fingerprint density at radius 2 is 1.91 bits per heavy atom. The highest BCUT2D eigenvalue weighted by Gasteiger charge is 2.59. The molecule has 7 unspecified atom stereocenters. The van der Waals surface area contributed by atoms with E-state index in [1.807, 2.05) is 32.1 Å². The molecule has 0 aromatic rings. The van der Waals surface area contributed by atoms with E-state index < -0.39 is 5.60 Å². The molecule has 5 heteroatoms. The van der Waals surface area contributed by atoms with Crippen LogP contribution in [0.2, 0.25) is 0 Å². The molecule has 0 saturated heterocycles. The summed E-state index contributed by atoms with van der Waals surface area (Å²) < 4.78 is 12.0. The molecule has 5 nitrogen and oxygen atoms in total. The quantitative estimate of drug-likeness (QED) is 0.513. The second-order valence-electron chi connectivity index (χ2n) is 11.6. The van der Waals surface area contributed by atoms with Crippen LogP contribution < -0.4 is 0 Å². The Bertz CT molecular complexity index is 892. The molecular weight excluding hydrogens is 404 g/mol. The number of hydrogen-bond acceptors (Lipinski definition) is 5. The molecule has 4 aliphatic rings. The molecule has 1 heterocycles. The Hall–Kier alpha value is -1.72. The van der Waals surface area contributed by atoms with Gasteiger partial charge in [0.2, 0.25) is 0 Å². The van der Waals surface area contributed by atoms with Gasteiger partial charge in [0.15, 0.2) is 5.78 Å². The summed E-state index contributed by atoms with van der Waals surface area (Å²) in [6, 6.07) is 0. The number of hydrogen-bond donors (Lipinski definition) is 1. The maximum atomic E-state index is 12.4. The van der Waals surface area contributed by atoms with Crippen molar-refractivity contribution in [2.75, 3.05) is 6.61 Å². The molecule has 4 rings (SSSR count). The number of esters is 1. The molecule has 0 bridgehead atoms. The maximum Gasteiger partial charge on any atom is 0.302 e. The van der Waals surface area contributed by atoms with Crippen molar-refractivity contribution in [2.24, 2.45) is 28.6 Å². The first kappa shape index (κ1) is 23.4. The fourth-order valence-electron chi connectivity index (χ4n) is 7.21. The van der Waals surface area contributed by atoms with E-state index in [4.69, 9.17) is 9.47 Å². The molecule has 176 valence electrons. The lowest BCUT2D eigenvalue weighted by atomic mass is 9.47. The molecule has 32 heavy (non-hydrogen) atoms. The summed E-state index contributed by atoms with van der Waals surface area (Å²) >= 11 is 0. The largest absolute Gasteiger partial charge is 0.461 e. The molecule has 0 aromatic carbocycles. The Morgan fingerprint density at radius 3 is 2.59 bits per heavy atom. The van der Waals surface area contributed by atoms with Crippen LogP contribution in [-0.4, -0.2) is 41.3 Å². The predicted molar refractivity (Wildman–Crippen MR) is 123 cm³/mol. The van der Waals surface area contributed by atoms with E-state index in [1.54, 1.807) is 0 Å². The van der Waals surface area contributed by atoms with Gasteiger partial charge in [0.1, 0.15) is 6.61 Å². The van der Waals surface area contributed by atoms with E-state index in [1.165, 1.54) is 13.3 Å². The van der Waals surface area contributed by atoms with Crippen molar-refractivity contribution in [1.82, 2.24) is 0 Å². The SMILES string of the molecule is CC(=O)OCC1=CC(C2C(C)(O)C=CC3C(C)(C)CCCC23C)OC2C=C(C)C(=O)CC12. The number of ketones is 1. The van der Waals surface area contributed by atoms with Gasteiger partial charge in [0.25, 0.3) is 0 Å². The number of allylic oxidation sites excluding steroid dienone is 2. The van der Waals surface area contributed by atoms with Crippen LogP contribution in [0.3, 0.4) is 0 Å². The summed E-state index contributed by atoms with van der Waals surface area (Å²) in [4.78, 5) is 24.0. The number of fused-ring (bicyclic) bond motifs is 2. The molecule has 7 atom stereocenters. The molecule has 1 saturated carbocycles. The highest BCUT2D eigenvalue weighted by Crippen LogP contribution is 2.61. The molecule has 0 spiro atoms. The van der Waals surface area contributed by atoms with E-state index in [-0.39, 0.29) is 53.2 Å². The molecule has 0 aromatic heterocycles. The molecule has 3 aliphatic carbocycles. The van der Waals surface area contributed by atoms with Gasteiger partial charge < -0.3 is 14.6 Å². The zero-order valence-corrected chi connectivity index (χ0v) is 20.3. The van der Waals surface area contributed by atoms with Gasteiger partial charge in [0.05, 0.1) is 17.8 Å². The van der Waals surface area contributed by atoms with Gasteiger partial charge in [-0.05, 0) is 60.7 Å². The summed E-state index contributed by atoms with van der Waals surface area (Å²) in [7, 11) is 0. The molecule has 1 aliphatic heterocycles. The lowest BCUT2D eigenvalue weighted by Crippen LogP contribution is -2.60. The van der Waals surface area contributed by atoms with Crippen LogP contribution in [0.15, 0.2) is 35.5 Å². The third-order valence-electron chi connectivity index (χ3n) is 8.65. The van der Waals surface area contributed by atoms with Crippen LogP contribution in [0.25, 0.3) is 0 Å². The van der Waals surface area contributed by atoms with E-state index >= 15 is 0 Å². The van der Waals surface area contributed by atoms with Crippen LogP contribution in [-0.2, 0) is 19.1 Å². The number of Topliss-reactive ketones (excluding diaryl/α,β-unsaturated/α-hetero) is 1. The number of carbonyl (C=O) groups excluding carboxylic acids is 2. The third-order valence-corrected chi connectivity index (χ3v) is 8.65. The summed E-state index contributed by atoms with van der Waals surface area (Å²) in [6.45, 7) is 12.2. The first-order chi connectivity index (χ1) is 14.8. The van der Waals surface area contributed by atoms with Crippen molar-refractivity contribution < 1.29 is 24.2 Å². The van der Waals surface area contributed by atoms with Crippen LogP contribution in [0.4, 0.5) is 0 Å². The Kier molecular flexibility index (Phi) is 5.82. The third kappa shape index (κ3) is 3.92. The number of rotatable bonds is 3. The summed E-state index contributed by atoms with van der Waals surface area (Å²) in [6.07, 6.45) is 11.3. The minimum absolute atomic E-state index is 0.107. The standard InChI is InChI=1S/C27H38O5/c1-16-12-21-19(14-20(16)29)18(15-31-17(2)28)13-22(32-21)24-26(5)10-7-9-25(3,4)23(26)8-11-27(24,6)30/h8,11-13,19,21-24,30H,7,9-10,14-15H2,1-6H3.